The minimum Gasteiger partial charge on any atom is -0.480 e. The Morgan fingerprint density at radius 3 is 2.67 bits per heavy atom. The van der Waals surface area contributed by atoms with Crippen LogP contribution in [0.15, 0.2) is 18.2 Å². The largest absolute Gasteiger partial charge is 0.480 e. The third-order valence-corrected chi connectivity index (χ3v) is 3.53. The molecule has 2 aliphatic heterocycles. The molecule has 0 amide bonds. The third kappa shape index (κ3) is 1.46. The van der Waals surface area contributed by atoms with E-state index in [0.29, 0.717) is 24.7 Å². The van der Waals surface area contributed by atoms with Gasteiger partial charge >= 0.3 is 5.97 Å². The molecule has 3 rings (SSSR count). The number of carboxylic acids is 1. The van der Waals surface area contributed by atoms with E-state index in [-0.39, 0.29) is 6.79 Å². The number of rotatable bonds is 3. The van der Waals surface area contributed by atoms with E-state index in [4.69, 9.17) is 25.1 Å². The highest BCUT2D eigenvalue weighted by Gasteiger charge is 2.49. The smallest absolute Gasteiger partial charge is 0.321 e. The molecule has 1 aromatic rings. The Balaban J connectivity index is 1.99. The highest BCUT2D eigenvalue weighted by molar-refractivity contribution is 5.76. The molecular formula is C12H13NO5. The predicted octanol–water partition coefficient (Wildman–Crippen LogP) is 0.0952. The van der Waals surface area contributed by atoms with Crippen molar-refractivity contribution >= 4 is 5.97 Å². The number of benzene rings is 1. The van der Waals surface area contributed by atoms with Crippen LogP contribution >= 0.6 is 0 Å². The third-order valence-electron chi connectivity index (χ3n) is 3.53. The molecule has 0 aliphatic carbocycles. The lowest BCUT2D eigenvalue weighted by atomic mass is 9.72. The van der Waals surface area contributed by atoms with Crippen molar-refractivity contribution in [2.75, 3.05) is 20.0 Å². The van der Waals surface area contributed by atoms with Crippen LogP contribution in [0.1, 0.15) is 5.56 Å². The van der Waals surface area contributed by atoms with Crippen molar-refractivity contribution in [1.29, 1.82) is 0 Å². The summed E-state index contributed by atoms with van der Waals surface area (Å²) in [4.78, 5) is 11.1. The molecule has 1 atom stereocenters. The van der Waals surface area contributed by atoms with Gasteiger partial charge in [-0.15, -0.1) is 0 Å². The second kappa shape index (κ2) is 3.86. The first-order valence-corrected chi connectivity index (χ1v) is 5.60. The van der Waals surface area contributed by atoms with E-state index >= 15 is 0 Å². The van der Waals surface area contributed by atoms with Crippen molar-refractivity contribution in [3.8, 4) is 11.5 Å². The monoisotopic (exact) mass is 251 g/mol. The standard InChI is InChI=1S/C12H13NO5/c13-10(11(14)15)12(4-16-5-12)7-1-2-8-9(3-7)18-6-17-8/h1-3,10H,4-6,13H2,(H,14,15). The fourth-order valence-electron chi connectivity index (χ4n) is 2.29. The maximum Gasteiger partial charge on any atom is 0.321 e. The second-order valence-electron chi connectivity index (χ2n) is 4.53. The van der Waals surface area contributed by atoms with Gasteiger partial charge in [0.15, 0.2) is 11.5 Å². The summed E-state index contributed by atoms with van der Waals surface area (Å²) < 4.78 is 15.7. The van der Waals surface area contributed by atoms with E-state index in [1.165, 1.54) is 0 Å². The quantitative estimate of drug-likeness (QED) is 0.791. The van der Waals surface area contributed by atoms with E-state index in [1.54, 1.807) is 12.1 Å². The first-order chi connectivity index (χ1) is 8.63. The lowest BCUT2D eigenvalue weighted by Gasteiger charge is -2.44. The summed E-state index contributed by atoms with van der Waals surface area (Å²) in [6.07, 6.45) is 0. The second-order valence-corrected chi connectivity index (χ2v) is 4.53. The Bertz CT molecular complexity index is 497. The Kier molecular flexibility index (Phi) is 2.42. The van der Waals surface area contributed by atoms with Gasteiger partial charge in [-0.25, -0.2) is 0 Å². The molecule has 18 heavy (non-hydrogen) atoms. The Morgan fingerprint density at radius 1 is 1.33 bits per heavy atom. The number of fused-ring (bicyclic) bond motifs is 1. The average Bonchev–Trinajstić information content (AvgIpc) is 2.74. The van der Waals surface area contributed by atoms with Crippen LogP contribution in [0.25, 0.3) is 0 Å². The van der Waals surface area contributed by atoms with Gasteiger partial charge in [-0.1, -0.05) is 6.07 Å². The van der Waals surface area contributed by atoms with Crippen molar-refractivity contribution < 1.29 is 24.1 Å². The zero-order valence-electron chi connectivity index (χ0n) is 9.59. The summed E-state index contributed by atoms with van der Waals surface area (Å²) in [7, 11) is 0. The normalized spacial score (nSPS) is 21.2. The van der Waals surface area contributed by atoms with Crippen LogP contribution in [0.2, 0.25) is 0 Å². The summed E-state index contributed by atoms with van der Waals surface area (Å²) in [5.74, 6) is 0.255. The number of hydrogen-bond donors (Lipinski definition) is 2. The summed E-state index contributed by atoms with van der Waals surface area (Å²) in [5, 5.41) is 9.10. The molecule has 0 radical (unpaired) electrons. The minimum absolute atomic E-state index is 0.188. The molecule has 3 N–H and O–H groups in total. The minimum atomic E-state index is -1.03. The molecule has 2 heterocycles. The summed E-state index contributed by atoms with van der Waals surface area (Å²) in [5.41, 5.74) is 5.92. The van der Waals surface area contributed by atoms with Crippen LogP contribution < -0.4 is 15.2 Å². The molecule has 6 heteroatoms. The fraction of sp³-hybridized carbons (Fsp3) is 0.417. The van der Waals surface area contributed by atoms with Crippen molar-refractivity contribution in [3.63, 3.8) is 0 Å². The summed E-state index contributed by atoms with van der Waals surface area (Å²) >= 11 is 0. The van der Waals surface area contributed by atoms with Gasteiger partial charge in [-0.2, -0.15) is 0 Å². The average molecular weight is 251 g/mol. The first-order valence-electron chi connectivity index (χ1n) is 5.60. The van der Waals surface area contributed by atoms with Gasteiger partial charge in [0.1, 0.15) is 6.04 Å². The number of carbonyl (C=O) groups is 1. The van der Waals surface area contributed by atoms with Gasteiger partial charge in [-0.05, 0) is 17.7 Å². The first kappa shape index (κ1) is 11.3. The molecule has 0 aromatic heterocycles. The van der Waals surface area contributed by atoms with Crippen molar-refractivity contribution in [2.24, 2.45) is 5.73 Å². The SMILES string of the molecule is NC(C(=O)O)C1(c2ccc3c(c2)OCO3)COC1. The van der Waals surface area contributed by atoms with Gasteiger partial charge < -0.3 is 25.1 Å². The molecule has 1 fully saturated rings. The van der Waals surface area contributed by atoms with Gasteiger partial charge in [0.25, 0.3) is 0 Å². The van der Waals surface area contributed by atoms with Crippen LogP contribution in [0.4, 0.5) is 0 Å². The molecule has 0 saturated carbocycles. The molecule has 96 valence electrons. The molecular weight excluding hydrogens is 238 g/mol. The van der Waals surface area contributed by atoms with Crippen LogP contribution in [0, 0.1) is 0 Å². The van der Waals surface area contributed by atoms with Crippen molar-refractivity contribution in [2.45, 2.75) is 11.5 Å². The predicted molar refractivity (Wildman–Crippen MR) is 60.7 cm³/mol. The van der Waals surface area contributed by atoms with E-state index < -0.39 is 17.4 Å². The van der Waals surface area contributed by atoms with E-state index in [0.717, 1.165) is 5.56 Å². The Hall–Kier alpha value is -1.79. The topological polar surface area (TPSA) is 91.0 Å². The lowest BCUT2D eigenvalue weighted by Crippen LogP contribution is -2.61. The van der Waals surface area contributed by atoms with Crippen molar-refractivity contribution in [3.05, 3.63) is 23.8 Å². The number of carboxylic acid groups (broad SMARTS) is 1. The fourth-order valence-corrected chi connectivity index (χ4v) is 2.29. The molecule has 2 aliphatic rings. The summed E-state index contributed by atoms with van der Waals surface area (Å²) in [6, 6.07) is 4.38. The van der Waals surface area contributed by atoms with Gasteiger partial charge in [0.05, 0.1) is 18.6 Å². The zero-order valence-corrected chi connectivity index (χ0v) is 9.59. The molecule has 1 saturated heterocycles. The summed E-state index contributed by atoms with van der Waals surface area (Å²) in [6.45, 7) is 0.799. The zero-order chi connectivity index (χ0) is 12.8. The van der Waals surface area contributed by atoms with E-state index in [9.17, 15) is 4.79 Å². The highest BCUT2D eigenvalue weighted by Crippen LogP contribution is 2.41. The van der Waals surface area contributed by atoms with Gasteiger partial charge in [0, 0.05) is 0 Å². The molecule has 1 unspecified atom stereocenters. The van der Waals surface area contributed by atoms with Crippen molar-refractivity contribution in [1.82, 2.24) is 0 Å². The number of ether oxygens (including phenoxy) is 3. The maximum atomic E-state index is 11.1. The lowest BCUT2D eigenvalue weighted by molar-refractivity contribution is -0.148. The molecule has 0 bridgehead atoms. The Labute approximate surface area is 103 Å². The van der Waals surface area contributed by atoms with E-state index in [2.05, 4.69) is 0 Å². The Morgan fingerprint density at radius 2 is 2.06 bits per heavy atom. The van der Waals surface area contributed by atoms with Crippen LogP contribution in [-0.4, -0.2) is 37.1 Å². The molecule has 6 nitrogen and oxygen atoms in total. The van der Waals surface area contributed by atoms with Gasteiger partial charge in [0.2, 0.25) is 6.79 Å². The highest BCUT2D eigenvalue weighted by atomic mass is 16.7. The molecule has 0 spiro atoms. The van der Waals surface area contributed by atoms with E-state index in [1.807, 2.05) is 6.07 Å². The van der Waals surface area contributed by atoms with Crippen LogP contribution in [0.3, 0.4) is 0 Å². The van der Waals surface area contributed by atoms with Crippen LogP contribution in [-0.2, 0) is 14.9 Å². The molecule has 1 aromatic carbocycles. The van der Waals surface area contributed by atoms with Gasteiger partial charge in [-0.3, -0.25) is 4.79 Å². The number of nitrogens with two attached hydrogens (primary N) is 1. The van der Waals surface area contributed by atoms with Crippen LogP contribution in [0.5, 0.6) is 11.5 Å². The number of hydrogen-bond acceptors (Lipinski definition) is 5. The number of aliphatic carboxylic acids is 1. The maximum absolute atomic E-state index is 11.1.